The van der Waals surface area contributed by atoms with E-state index in [0.717, 1.165) is 11.1 Å². The lowest BCUT2D eigenvalue weighted by Gasteiger charge is -2.03. The van der Waals surface area contributed by atoms with Gasteiger partial charge in [0.05, 0.1) is 5.52 Å². The molecule has 0 fully saturated rings. The summed E-state index contributed by atoms with van der Waals surface area (Å²) < 4.78 is 0. The zero-order chi connectivity index (χ0) is 9.26. The highest BCUT2D eigenvalue weighted by atomic mass is 14.6. The van der Waals surface area contributed by atoms with Gasteiger partial charge >= 0.3 is 0 Å². The Hall–Kier alpha value is -1.63. The lowest BCUT2D eigenvalue weighted by atomic mass is 10.0. The third-order valence-corrected chi connectivity index (χ3v) is 2.11. The van der Waals surface area contributed by atoms with Gasteiger partial charge in [0.25, 0.3) is 0 Å². The molecule has 0 unspecified atom stereocenters. The molecule has 1 heteroatoms. The van der Waals surface area contributed by atoms with Gasteiger partial charge in [0.15, 0.2) is 0 Å². The largest absolute Gasteiger partial charge is 0.256 e. The highest BCUT2D eigenvalue weighted by Crippen LogP contribution is 2.21. The Morgan fingerprint density at radius 1 is 1.23 bits per heavy atom. The molecule has 0 amide bonds. The molecule has 1 aromatic carbocycles. The molecule has 64 valence electrons. The standard InChI is InChI=1S/C12H11N/c1-9(2)10-7-8-13-12-6-4-3-5-11(10)12/h3-8H,1H2,2H3. The number of pyridine rings is 1. The molecule has 0 radical (unpaired) electrons. The molecule has 1 aromatic heterocycles. The summed E-state index contributed by atoms with van der Waals surface area (Å²) in [6, 6.07) is 10.1. The molecule has 0 aliphatic rings. The van der Waals surface area contributed by atoms with Crippen molar-refractivity contribution >= 4 is 16.5 Å². The first-order chi connectivity index (χ1) is 6.29. The van der Waals surface area contributed by atoms with Gasteiger partial charge in [-0.15, -0.1) is 0 Å². The number of para-hydroxylation sites is 1. The van der Waals surface area contributed by atoms with Crippen LogP contribution < -0.4 is 0 Å². The number of rotatable bonds is 1. The van der Waals surface area contributed by atoms with Gasteiger partial charge in [-0.2, -0.15) is 0 Å². The summed E-state index contributed by atoms with van der Waals surface area (Å²) in [4.78, 5) is 4.28. The number of allylic oxidation sites excluding steroid dienone is 1. The molecule has 0 saturated carbocycles. The molecule has 1 nitrogen and oxygen atoms in total. The number of nitrogens with zero attached hydrogens (tertiary/aromatic N) is 1. The number of fused-ring (bicyclic) bond motifs is 1. The lowest BCUT2D eigenvalue weighted by molar-refractivity contribution is 1.40. The summed E-state index contributed by atoms with van der Waals surface area (Å²) in [7, 11) is 0. The first-order valence-corrected chi connectivity index (χ1v) is 4.28. The van der Waals surface area contributed by atoms with Crippen molar-refractivity contribution in [3.05, 3.63) is 48.7 Å². The quantitative estimate of drug-likeness (QED) is 0.638. The molecule has 0 spiro atoms. The minimum absolute atomic E-state index is 1.03. The summed E-state index contributed by atoms with van der Waals surface area (Å²) in [5, 5.41) is 1.18. The highest BCUT2D eigenvalue weighted by Gasteiger charge is 1.99. The topological polar surface area (TPSA) is 12.9 Å². The maximum atomic E-state index is 4.28. The predicted molar refractivity (Wildman–Crippen MR) is 56.5 cm³/mol. The normalized spacial score (nSPS) is 10.2. The maximum absolute atomic E-state index is 4.28. The fourth-order valence-corrected chi connectivity index (χ4v) is 1.47. The molecule has 0 atom stereocenters. The van der Waals surface area contributed by atoms with Crippen LogP contribution in [0.3, 0.4) is 0 Å². The molecule has 0 aliphatic carbocycles. The van der Waals surface area contributed by atoms with Crippen LogP contribution in [0.1, 0.15) is 12.5 Å². The fraction of sp³-hybridized carbons (Fsp3) is 0.0833. The third-order valence-electron chi connectivity index (χ3n) is 2.11. The van der Waals surface area contributed by atoms with Gasteiger partial charge in [-0.3, -0.25) is 4.98 Å². The van der Waals surface area contributed by atoms with Crippen LogP contribution in [0.5, 0.6) is 0 Å². The van der Waals surface area contributed by atoms with Gasteiger partial charge in [0.1, 0.15) is 0 Å². The molecule has 0 bridgehead atoms. The van der Waals surface area contributed by atoms with Crippen molar-refractivity contribution in [2.24, 2.45) is 0 Å². The van der Waals surface area contributed by atoms with Gasteiger partial charge in [0, 0.05) is 11.6 Å². The average molecular weight is 169 g/mol. The minimum atomic E-state index is 1.03. The summed E-state index contributed by atoms with van der Waals surface area (Å²) in [6.07, 6.45) is 1.83. The van der Waals surface area contributed by atoms with Crippen LogP contribution in [0, 0.1) is 0 Å². The van der Waals surface area contributed by atoms with Crippen molar-refractivity contribution in [3.63, 3.8) is 0 Å². The van der Waals surface area contributed by atoms with Crippen LogP contribution in [0.4, 0.5) is 0 Å². The fourth-order valence-electron chi connectivity index (χ4n) is 1.47. The SMILES string of the molecule is C=C(C)c1ccnc2ccccc12. The molecular formula is C12H11N. The molecular weight excluding hydrogens is 158 g/mol. The second-order valence-electron chi connectivity index (χ2n) is 3.16. The van der Waals surface area contributed by atoms with Crippen molar-refractivity contribution in [2.45, 2.75) is 6.92 Å². The zero-order valence-electron chi connectivity index (χ0n) is 7.62. The van der Waals surface area contributed by atoms with E-state index < -0.39 is 0 Å². The summed E-state index contributed by atoms with van der Waals surface area (Å²) in [6.45, 7) is 5.96. The number of benzene rings is 1. The second kappa shape index (κ2) is 3.02. The van der Waals surface area contributed by atoms with E-state index in [1.165, 1.54) is 10.9 Å². The van der Waals surface area contributed by atoms with Crippen molar-refractivity contribution in [1.29, 1.82) is 0 Å². The Morgan fingerprint density at radius 2 is 2.00 bits per heavy atom. The van der Waals surface area contributed by atoms with Gasteiger partial charge < -0.3 is 0 Å². The van der Waals surface area contributed by atoms with E-state index >= 15 is 0 Å². The first kappa shape index (κ1) is 7.99. The molecule has 13 heavy (non-hydrogen) atoms. The van der Waals surface area contributed by atoms with Crippen LogP contribution in [-0.2, 0) is 0 Å². The molecule has 0 saturated heterocycles. The van der Waals surface area contributed by atoms with Gasteiger partial charge in [-0.1, -0.05) is 30.4 Å². The van der Waals surface area contributed by atoms with Crippen LogP contribution in [0.2, 0.25) is 0 Å². The Kier molecular flexibility index (Phi) is 1.85. The van der Waals surface area contributed by atoms with Crippen LogP contribution >= 0.6 is 0 Å². The molecule has 1 heterocycles. The number of hydrogen-bond acceptors (Lipinski definition) is 1. The van der Waals surface area contributed by atoms with Gasteiger partial charge in [0.2, 0.25) is 0 Å². The van der Waals surface area contributed by atoms with Crippen LogP contribution in [0.15, 0.2) is 43.1 Å². The average Bonchev–Trinajstić information content (AvgIpc) is 2.17. The molecule has 0 aliphatic heterocycles. The van der Waals surface area contributed by atoms with E-state index in [9.17, 15) is 0 Å². The highest BCUT2D eigenvalue weighted by molar-refractivity contribution is 5.90. The molecule has 2 aromatic rings. The number of aromatic nitrogens is 1. The van der Waals surface area contributed by atoms with E-state index in [1.54, 1.807) is 0 Å². The smallest absolute Gasteiger partial charge is 0.0708 e. The number of hydrogen-bond donors (Lipinski definition) is 0. The Labute approximate surface area is 77.7 Å². The molecule has 0 N–H and O–H groups in total. The Morgan fingerprint density at radius 3 is 2.77 bits per heavy atom. The van der Waals surface area contributed by atoms with E-state index in [-0.39, 0.29) is 0 Å². The predicted octanol–water partition coefficient (Wildman–Crippen LogP) is 3.27. The summed E-state index contributed by atoms with van der Waals surface area (Å²) >= 11 is 0. The zero-order valence-corrected chi connectivity index (χ0v) is 7.62. The van der Waals surface area contributed by atoms with E-state index in [0.29, 0.717) is 0 Å². The van der Waals surface area contributed by atoms with E-state index in [4.69, 9.17) is 0 Å². The van der Waals surface area contributed by atoms with Gasteiger partial charge in [-0.25, -0.2) is 0 Å². The van der Waals surface area contributed by atoms with Crippen molar-refractivity contribution in [3.8, 4) is 0 Å². The van der Waals surface area contributed by atoms with E-state index in [2.05, 4.69) is 17.6 Å². The molecule has 2 rings (SSSR count). The van der Waals surface area contributed by atoms with Gasteiger partial charge in [-0.05, 0) is 24.6 Å². The third kappa shape index (κ3) is 1.33. The lowest BCUT2D eigenvalue weighted by Crippen LogP contribution is -1.84. The van der Waals surface area contributed by atoms with E-state index in [1.807, 2.05) is 37.4 Å². The first-order valence-electron chi connectivity index (χ1n) is 4.28. The minimum Gasteiger partial charge on any atom is -0.256 e. The van der Waals surface area contributed by atoms with Crippen LogP contribution in [0.25, 0.3) is 16.5 Å². The summed E-state index contributed by atoms with van der Waals surface area (Å²) in [5.74, 6) is 0. The van der Waals surface area contributed by atoms with Crippen LogP contribution in [-0.4, -0.2) is 4.98 Å². The Bertz CT molecular complexity index is 452. The summed E-state index contributed by atoms with van der Waals surface area (Å²) in [5.41, 5.74) is 3.30. The Balaban J connectivity index is 2.83. The van der Waals surface area contributed by atoms with Crippen molar-refractivity contribution in [2.75, 3.05) is 0 Å². The second-order valence-corrected chi connectivity index (χ2v) is 3.16. The van der Waals surface area contributed by atoms with Crippen molar-refractivity contribution < 1.29 is 0 Å². The monoisotopic (exact) mass is 169 g/mol. The maximum Gasteiger partial charge on any atom is 0.0708 e. The van der Waals surface area contributed by atoms with Crippen molar-refractivity contribution in [1.82, 2.24) is 4.98 Å².